The van der Waals surface area contributed by atoms with Gasteiger partial charge in [0.25, 0.3) is 0 Å². The summed E-state index contributed by atoms with van der Waals surface area (Å²) in [5.41, 5.74) is 8.65. The van der Waals surface area contributed by atoms with Crippen LogP contribution in [0.15, 0.2) is 156 Å². The van der Waals surface area contributed by atoms with Crippen molar-refractivity contribution in [3.05, 3.63) is 178 Å². The van der Waals surface area contributed by atoms with Gasteiger partial charge in [-0.25, -0.2) is 33.4 Å². The zero-order chi connectivity index (χ0) is 73.6. The number of anilines is 1. The fourth-order valence-corrected chi connectivity index (χ4v) is 12.1. The van der Waals surface area contributed by atoms with E-state index in [1.54, 1.807) is 12.3 Å². The molecule has 0 radical (unpaired) electrons. The zero-order valence-electron chi connectivity index (χ0n) is 57.5. The van der Waals surface area contributed by atoms with Gasteiger partial charge in [0.05, 0.1) is 5.69 Å². The summed E-state index contributed by atoms with van der Waals surface area (Å²) in [4.78, 5) is 74.2. The largest absolute Gasteiger partial charge is 0.425 e. The number of aromatic nitrogens is 2. The highest BCUT2D eigenvalue weighted by Gasteiger charge is 2.41. The topological polar surface area (TPSA) is 277 Å². The van der Waals surface area contributed by atoms with E-state index < -0.39 is 73.6 Å². The lowest BCUT2D eigenvalue weighted by molar-refractivity contribution is -0.158. The molecule has 3 aromatic carbocycles. The number of esters is 6. The second kappa shape index (κ2) is 39.3. The maximum atomic E-state index is 11.6. The van der Waals surface area contributed by atoms with Crippen LogP contribution in [-0.4, -0.2) is 193 Å². The first-order valence-corrected chi connectivity index (χ1v) is 34.2. The third-order valence-electron chi connectivity index (χ3n) is 16.1. The third kappa shape index (κ3) is 21.4. The number of carbonyl (C=O) groups excluding carboxylic acids is 6. The van der Waals surface area contributed by atoms with E-state index in [2.05, 4.69) is 84.3 Å². The predicted octanol–water partition coefficient (Wildman–Crippen LogP) is 10.1. The monoisotopic (exact) mass is 1520 g/mol. The summed E-state index contributed by atoms with van der Waals surface area (Å²) in [5, 5.41) is 13.6. The number of halogens is 6. The highest BCUT2D eigenvalue weighted by atomic mass is 35.5. The molecule has 12 rings (SSSR count). The van der Waals surface area contributed by atoms with Crippen molar-refractivity contribution in [2.45, 2.75) is 110 Å². The third-order valence-corrected chi connectivity index (χ3v) is 18.2. The van der Waals surface area contributed by atoms with Crippen molar-refractivity contribution in [1.29, 1.82) is 0 Å². The average molecular weight is 1520 g/mol. The first kappa shape index (κ1) is 80.9. The summed E-state index contributed by atoms with van der Waals surface area (Å²) < 4.78 is 61.3. The molecule has 32 heteroatoms. The molecule has 8 aliphatic rings. The van der Waals surface area contributed by atoms with Gasteiger partial charge in [-0.15, -0.1) is 0 Å². The molecule has 0 amide bonds. The number of piperidine rings is 1. The van der Waals surface area contributed by atoms with Gasteiger partial charge < -0.3 is 82.6 Å². The summed E-state index contributed by atoms with van der Waals surface area (Å²) in [6.07, 6.45) is 0.414. The van der Waals surface area contributed by atoms with Crippen LogP contribution in [0.25, 0.3) is 5.70 Å². The number of likely N-dealkylation sites (N-methyl/N-ethyl adjacent to an activating group) is 1. The van der Waals surface area contributed by atoms with Crippen molar-refractivity contribution in [1.82, 2.24) is 35.1 Å². The lowest BCUT2D eigenvalue weighted by Gasteiger charge is -2.37. The van der Waals surface area contributed by atoms with Crippen LogP contribution in [-0.2, 0) is 92.2 Å². The Balaban J connectivity index is 0.000000172. The van der Waals surface area contributed by atoms with E-state index in [1.165, 1.54) is 58.5 Å². The van der Waals surface area contributed by atoms with E-state index in [0.29, 0.717) is 46.6 Å². The minimum absolute atomic E-state index is 0.00458. The molecule has 1 aromatic heterocycles. The number of aryl methyl sites for hydroxylation is 2. The normalized spacial score (nSPS) is 22.3. The maximum Gasteiger partial charge on any atom is 0.354 e. The van der Waals surface area contributed by atoms with Crippen molar-refractivity contribution < 1.29 is 85.6 Å². The van der Waals surface area contributed by atoms with Crippen LogP contribution in [0.3, 0.4) is 0 Å². The number of hydrogen-bond donors (Lipinski definition) is 3. The Kier molecular flexibility index (Phi) is 31.5. The van der Waals surface area contributed by atoms with Crippen molar-refractivity contribution in [2.75, 3.05) is 93.8 Å². The van der Waals surface area contributed by atoms with Gasteiger partial charge >= 0.3 is 35.8 Å². The lowest BCUT2D eigenvalue weighted by atomic mass is 9.89. The number of rotatable bonds is 19. The standard InChI is InChI=1S/C16H19ClN2O3.C16H18ClNO3.C12H12ClNO3.C9H9ClN2O3.C9H14ClNO3.C7H10ClNO3/c1-21-16-14(13(17)15(20)22-16)19-9-7-18(8-10-19)11-12-5-3-2-4-6-12;1-20-16-14(13(17)15(19)21-16)18-9-7-12(8-10-18)11-5-3-2-4-6-11;1-7-4-3-5-8(6-7)14-10-9(13)11(15)17-12(10)16-2;1-5-3-4-12(11-5)7-6(10)8(13)15-9(7)14-2;1-4-5(2)11-7-6(10)8(12)14-9(7)13-3;1-3-9-5-4(8)6(10)12-7(5)11-2/h2-6,16H,7-11H2,1H3;2-6,12,16H,7-10H2,1H3;3-6,12,14H,1-2H3;3-4,9H,1-2H3;5,9,11H,4H2,1-3H3;7,9H,3H2,1-2H3. The highest BCUT2D eigenvalue weighted by molar-refractivity contribution is 6.45. The molecule has 26 nitrogen and oxygen atoms in total. The molecule has 548 valence electrons. The molecule has 101 heavy (non-hydrogen) atoms. The fraction of sp³-hybridized carbons (Fsp3) is 0.435. The number of benzene rings is 3. The van der Waals surface area contributed by atoms with Crippen LogP contribution >= 0.6 is 69.6 Å². The number of nitrogens with zero attached hydrogens (tertiary/aromatic N) is 5. The molecule has 2 saturated heterocycles. The van der Waals surface area contributed by atoms with Crippen LogP contribution in [0.2, 0.25) is 0 Å². The number of methoxy groups -OCH3 is 6. The number of likely N-dealkylation sites (tertiary alicyclic amines) is 1. The average Bonchev–Trinajstić information content (AvgIpc) is 1.75. The van der Waals surface area contributed by atoms with E-state index >= 15 is 0 Å². The van der Waals surface area contributed by atoms with Gasteiger partial charge in [0.15, 0.2) is 30.2 Å². The molecule has 2 fully saturated rings. The van der Waals surface area contributed by atoms with Crippen LogP contribution in [0, 0.1) is 13.8 Å². The first-order chi connectivity index (χ1) is 48.4. The summed E-state index contributed by atoms with van der Waals surface area (Å²) in [6, 6.07) is 30.7. The summed E-state index contributed by atoms with van der Waals surface area (Å²) >= 11 is 35.2. The van der Waals surface area contributed by atoms with E-state index in [1.807, 2.05) is 71.0 Å². The van der Waals surface area contributed by atoms with E-state index in [9.17, 15) is 28.8 Å². The van der Waals surface area contributed by atoms with Gasteiger partial charge in [0.2, 0.25) is 37.7 Å². The van der Waals surface area contributed by atoms with Crippen molar-refractivity contribution >= 4 is 117 Å². The number of ether oxygens (including phenoxy) is 12. The van der Waals surface area contributed by atoms with Crippen molar-refractivity contribution in [3.63, 3.8) is 0 Å². The molecule has 9 heterocycles. The van der Waals surface area contributed by atoms with Gasteiger partial charge in [-0.2, -0.15) is 5.10 Å². The molecule has 7 unspecified atom stereocenters. The second-order valence-corrected chi connectivity index (χ2v) is 25.2. The van der Waals surface area contributed by atoms with Crippen molar-refractivity contribution in [3.8, 4) is 0 Å². The second-order valence-electron chi connectivity index (χ2n) is 22.9. The molecule has 0 bridgehead atoms. The van der Waals surface area contributed by atoms with E-state index in [0.717, 1.165) is 82.0 Å². The Morgan fingerprint density at radius 1 is 0.495 bits per heavy atom. The molecule has 0 spiro atoms. The Labute approximate surface area is 616 Å². The number of carbonyl (C=O) groups is 6. The summed E-state index contributed by atoms with van der Waals surface area (Å²) in [5.74, 6) is -2.69. The van der Waals surface area contributed by atoms with Crippen LogP contribution in [0.1, 0.15) is 68.3 Å². The lowest BCUT2D eigenvalue weighted by Crippen LogP contribution is -2.47. The molecule has 4 aromatic rings. The molecular weight excluding hydrogens is 1440 g/mol. The minimum Gasteiger partial charge on any atom is -0.425 e. The van der Waals surface area contributed by atoms with Crippen LogP contribution in [0.5, 0.6) is 0 Å². The molecule has 0 saturated carbocycles. The molecule has 8 aliphatic heterocycles. The van der Waals surface area contributed by atoms with Crippen molar-refractivity contribution in [2.24, 2.45) is 0 Å². The predicted molar refractivity (Wildman–Crippen MR) is 376 cm³/mol. The van der Waals surface area contributed by atoms with Gasteiger partial charge in [0.1, 0.15) is 34.2 Å². The smallest absolute Gasteiger partial charge is 0.354 e. The molecular formula is C69H82Cl6N8O18. The number of nitrogens with one attached hydrogen (secondary N) is 3. The first-order valence-electron chi connectivity index (χ1n) is 31.9. The highest BCUT2D eigenvalue weighted by Crippen LogP contribution is 2.37. The summed E-state index contributed by atoms with van der Waals surface area (Å²) in [6.45, 7) is 16.5. The zero-order valence-corrected chi connectivity index (χ0v) is 62.0. The number of piperazine rings is 1. The number of cyclic esters (lactones) is 6. The fourth-order valence-electron chi connectivity index (χ4n) is 10.8. The van der Waals surface area contributed by atoms with Crippen LogP contribution < -0.4 is 16.0 Å². The molecule has 0 aliphatic carbocycles. The van der Waals surface area contributed by atoms with Gasteiger partial charge in [-0.3, -0.25) is 4.90 Å². The van der Waals surface area contributed by atoms with Crippen LogP contribution in [0.4, 0.5) is 5.69 Å². The Hall–Kier alpha value is -7.41. The quantitative estimate of drug-likeness (QED) is 0.0581. The molecule has 7 atom stereocenters. The van der Waals surface area contributed by atoms with Gasteiger partial charge in [-0.05, 0) is 87.8 Å². The van der Waals surface area contributed by atoms with E-state index in [4.69, 9.17) is 126 Å². The maximum absolute atomic E-state index is 11.6. The SMILES string of the molecule is CCC(C)NC1=C(Cl)C(=O)OC1OC.CCNC1=C(Cl)C(=O)OC1OC.COC1OC(=O)C(Cl)=C1N1CCC(c2ccccc2)CC1.COC1OC(=O)C(Cl)=C1N1CCN(Cc2ccccc2)CC1.COC1OC(=O)C(Cl)=C1Nc1cccc(C)c1.COC1OC(=O)C(Cl)=C1n1ccc(C)n1. The Bertz CT molecular complexity index is 3740. The van der Waals surface area contributed by atoms with Gasteiger partial charge in [-0.1, -0.05) is 149 Å². The summed E-state index contributed by atoms with van der Waals surface area (Å²) in [7, 11) is 8.83. The van der Waals surface area contributed by atoms with Gasteiger partial charge in [0, 0.05) is 113 Å². The molecule has 3 N–H and O–H groups in total. The van der Waals surface area contributed by atoms with E-state index in [-0.39, 0.29) is 36.2 Å². The Morgan fingerprint density at radius 2 is 0.921 bits per heavy atom. The number of hydrogen-bond acceptors (Lipinski definition) is 25. The Morgan fingerprint density at radius 3 is 1.39 bits per heavy atom. The minimum atomic E-state index is -0.788.